The molecule has 0 aromatic heterocycles. The van der Waals surface area contributed by atoms with Crippen LogP contribution in [0.2, 0.25) is 0 Å². The third-order valence-electron chi connectivity index (χ3n) is 15.1. The van der Waals surface area contributed by atoms with Gasteiger partial charge in [0.2, 0.25) is 5.91 Å². The number of phosphoric acid groups is 1. The lowest BCUT2D eigenvalue weighted by Gasteiger charge is -2.30. The van der Waals surface area contributed by atoms with Crippen LogP contribution in [0.1, 0.15) is 310 Å². The van der Waals surface area contributed by atoms with Crippen molar-refractivity contribution in [3.05, 3.63) is 85.1 Å². The summed E-state index contributed by atoms with van der Waals surface area (Å²) in [5, 5.41) is 3.04. The van der Waals surface area contributed by atoms with E-state index in [0.717, 1.165) is 109 Å². The van der Waals surface area contributed by atoms with Crippen LogP contribution in [0.4, 0.5) is 0 Å². The van der Waals surface area contributed by atoms with Crippen molar-refractivity contribution < 1.29 is 37.3 Å². The average molecular weight is 1170 g/mol. The van der Waals surface area contributed by atoms with Crippen molar-refractivity contribution >= 4 is 19.7 Å². The summed E-state index contributed by atoms with van der Waals surface area (Å²) in [6, 6.07) is -0.895. The van der Waals surface area contributed by atoms with Gasteiger partial charge in [-0.05, 0) is 102 Å². The maximum atomic E-state index is 13.6. The van der Waals surface area contributed by atoms with Crippen molar-refractivity contribution in [3.8, 4) is 0 Å². The van der Waals surface area contributed by atoms with Gasteiger partial charge in [0.25, 0.3) is 7.82 Å². The normalized spacial score (nSPS) is 14.1. The number of carbonyl (C=O) groups is 2. The lowest BCUT2D eigenvalue weighted by Crippen LogP contribution is -2.47. The molecule has 0 spiro atoms. The van der Waals surface area contributed by atoms with Crippen molar-refractivity contribution in [2.24, 2.45) is 0 Å². The summed E-state index contributed by atoms with van der Waals surface area (Å²) in [4.78, 5) is 40.1. The van der Waals surface area contributed by atoms with Gasteiger partial charge in [-0.25, -0.2) is 0 Å². The minimum atomic E-state index is -4.71. The molecule has 10 heteroatoms. The number of carbonyl (C=O) groups excluding carboxylic acids is 2. The van der Waals surface area contributed by atoms with E-state index in [-0.39, 0.29) is 24.9 Å². The Morgan fingerprint density at radius 2 is 0.780 bits per heavy atom. The molecule has 0 aliphatic heterocycles. The number of ether oxygens (including phenoxy) is 1. The van der Waals surface area contributed by atoms with Crippen LogP contribution in [0, 0.1) is 0 Å². The second kappa shape index (κ2) is 61.3. The topological polar surface area (TPSA) is 114 Å². The fraction of sp³-hybridized carbons (Fsp3) is 0.778. The predicted octanol–water partition coefficient (Wildman–Crippen LogP) is 21.1. The summed E-state index contributed by atoms with van der Waals surface area (Å²) in [7, 11) is 1.18. The predicted molar refractivity (Wildman–Crippen MR) is 353 cm³/mol. The Balaban J connectivity index is 5.07. The van der Waals surface area contributed by atoms with E-state index in [0.29, 0.717) is 17.4 Å². The first kappa shape index (κ1) is 79.2. The van der Waals surface area contributed by atoms with Crippen LogP contribution in [-0.4, -0.2) is 69.4 Å². The summed E-state index contributed by atoms with van der Waals surface area (Å²) < 4.78 is 30.4. The fourth-order valence-electron chi connectivity index (χ4n) is 9.78. The Bertz CT molecular complexity index is 1680. The molecule has 0 aromatic rings. The minimum Gasteiger partial charge on any atom is -0.756 e. The lowest BCUT2D eigenvalue weighted by molar-refractivity contribution is -0.870. The van der Waals surface area contributed by atoms with Crippen molar-refractivity contribution in [1.29, 1.82) is 0 Å². The molecule has 0 fully saturated rings. The Morgan fingerprint density at radius 1 is 0.439 bits per heavy atom. The highest BCUT2D eigenvalue weighted by atomic mass is 31.2. The molecule has 0 saturated heterocycles. The summed E-state index contributed by atoms with van der Waals surface area (Å²) >= 11 is 0. The Morgan fingerprint density at radius 3 is 1.18 bits per heavy atom. The number of allylic oxidation sites excluding steroid dienone is 13. The standard InChI is InChI=1S/C72H131N2O7P/c1-7-10-13-16-19-22-25-28-30-32-33-34-35-36-37-38-39-40-41-43-45-47-50-53-56-59-62-65-72(76)81-70(63-60-57-54-51-48-27-24-21-18-15-12-9-3)69(68-80-82(77,78)79-67-66-74(4,5)6)73-71(75)64-61-58-55-52-49-46-44-42-31-29-26-23-20-17-14-11-8-2/h10,13,19,22,28-31,33-34,36-37,60,63,69-70H,7-9,11-12,14-18,20-21,23-27,32,35,38-59,61-62,64-68H2,1-6H3,(H-,73,75,77,78)/b13-10-,22-19-,30-28-,31-29+,34-33-,37-36-,63-60-. The number of hydrogen-bond donors (Lipinski definition) is 1. The largest absolute Gasteiger partial charge is 0.756 e. The molecule has 0 saturated carbocycles. The first-order valence-corrected chi connectivity index (χ1v) is 35.9. The van der Waals surface area contributed by atoms with Crippen LogP contribution in [0.25, 0.3) is 0 Å². The van der Waals surface area contributed by atoms with Gasteiger partial charge in [-0.15, -0.1) is 0 Å². The zero-order chi connectivity index (χ0) is 60.0. The van der Waals surface area contributed by atoms with Gasteiger partial charge in [0, 0.05) is 12.8 Å². The number of quaternary nitrogens is 1. The van der Waals surface area contributed by atoms with Gasteiger partial charge in [0.1, 0.15) is 19.3 Å². The molecular formula is C72H131N2O7P. The number of phosphoric ester groups is 1. The highest BCUT2D eigenvalue weighted by Gasteiger charge is 2.27. The van der Waals surface area contributed by atoms with Gasteiger partial charge in [-0.2, -0.15) is 0 Å². The van der Waals surface area contributed by atoms with Crippen molar-refractivity contribution in [1.82, 2.24) is 5.32 Å². The number of unbranched alkanes of at least 4 members (excludes halogenated alkanes) is 34. The number of rotatable bonds is 62. The number of nitrogens with zero attached hydrogens (tertiary/aromatic N) is 1. The summed E-state index contributed by atoms with van der Waals surface area (Å²) in [6.45, 7) is 6.74. The maximum absolute atomic E-state index is 13.6. The lowest BCUT2D eigenvalue weighted by atomic mass is 10.0. The molecule has 0 aromatic carbocycles. The summed E-state index contributed by atoms with van der Waals surface area (Å²) in [5.41, 5.74) is 0. The first-order valence-electron chi connectivity index (χ1n) is 34.4. The molecule has 0 radical (unpaired) electrons. The SMILES string of the molecule is CC/C=C\C/C=C\C/C=C\C/C=C\C/C=C\CCCCCCCCCCCCCC(=O)OC(/C=C\CCCCCCCCCCCC)C(COP(=O)([O-])OCC[N+](C)(C)C)NC(=O)CCCCCCCCC/C=C/CCCCCCCC. The smallest absolute Gasteiger partial charge is 0.306 e. The molecule has 0 aliphatic carbocycles. The number of amides is 1. The van der Waals surface area contributed by atoms with Crippen LogP contribution in [0.5, 0.6) is 0 Å². The van der Waals surface area contributed by atoms with E-state index in [2.05, 4.69) is 99.0 Å². The number of likely N-dealkylation sites (N-methyl/N-ethyl adjacent to an activating group) is 1. The van der Waals surface area contributed by atoms with E-state index in [9.17, 15) is 19.0 Å². The monoisotopic (exact) mass is 1170 g/mol. The van der Waals surface area contributed by atoms with E-state index >= 15 is 0 Å². The van der Waals surface area contributed by atoms with Gasteiger partial charge in [-0.1, -0.05) is 280 Å². The molecule has 0 aliphatic rings. The first-order chi connectivity index (χ1) is 39.9. The second-order valence-electron chi connectivity index (χ2n) is 24.3. The number of hydrogen-bond acceptors (Lipinski definition) is 7. The molecule has 9 nitrogen and oxygen atoms in total. The quantitative estimate of drug-likeness (QED) is 0.0212. The highest BCUT2D eigenvalue weighted by Crippen LogP contribution is 2.38. The van der Waals surface area contributed by atoms with Gasteiger partial charge in [0.15, 0.2) is 0 Å². The second-order valence-corrected chi connectivity index (χ2v) is 25.7. The molecule has 0 bridgehead atoms. The zero-order valence-corrected chi connectivity index (χ0v) is 55.3. The molecule has 82 heavy (non-hydrogen) atoms. The summed E-state index contributed by atoms with van der Waals surface area (Å²) in [6.07, 6.45) is 81.3. The number of nitrogens with one attached hydrogen (secondary N) is 1. The van der Waals surface area contributed by atoms with Crippen LogP contribution < -0.4 is 10.2 Å². The van der Waals surface area contributed by atoms with Gasteiger partial charge >= 0.3 is 5.97 Å². The molecule has 3 atom stereocenters. The van der Waals surface area contributed by atoms with E-state index in [1.54, 1.807) is 0 Å². The van der Waals surface area contributed by atoms with E-state index in [1.165, 1.54) is 167 Å². The fourth-order valence-corrected chi connectivity index (χ4v) is 10.5. The number of esters is 1. The average Bonchev–Trinajstić information content (AvgIpc) is 3.44. The summed E-state index contributed by atoms with van der Waals surface area (Å²) in [5.74, 6) is -0.544. The van der Waals surface area contributed by atoms with Crippen molar-refractivity contribution in [2.45, 2.75) is 322 Å². The molecule has 1 amide bonds. The minimum absolute atomic E-state index is 0.0255. The van der Waals surface area contributed by atoms with Crippen LogP contribution in [-0.2, 0) is 27.9 Å². The van der Waals surface area contributed by atoms with Gasteiger partial charge in [0.05, 0.1) is 33.8 Å². The van der Waals surface area contributed by atoms with Crippen LogP contribution >= 0.6 is 7.82 Å². The Hall–Kier alpha value is -2.81. The van der Waals surface area contributed by atoms with E-state index < -0.39 is 26.6 Å². The van der Waals surface area contributed by atoms with Crippen LogP contribution in [0.3, 0.4) is 0 Å². The third-order valence-corrected chi connectivity index (χ3v) is 16.0. The van der Waals surface area contributed by atoms with Crippen molar-refractivity contribution in [2.75, 3.05) is 40.9 Å². The van der Waals surface area contributed by atoms with Gasteiger partial charge in [-0.3, -0.25) is 14.2 Å². The molecule has 0 rings (SSSR count). The molecule has 3 unspecified atom stereocenters. The third kappa shape index (κ3) is 61.7. The van der Waals surface area contributed by atoms with Crippen LogP contribution in [0.15, 0.2) is 85.1 Å². The molecule has 476 valence electrons. The Kier molecular flexibility index (Phi) is 59.2. The maximum Gasteiger partial charge on any atom is 0.306 e. The highest BCUT2D eigenvalue weighted by molar-refractivity contribution is 7.45. The molecular weight excluding hydrogens is 1040 g/mol. The van der Waals surface area contributed by atoms with E-state index in [4.69, 9.17) is 13.8 Å². The van der Waals surface area contributed by atoms with Crippen molar-refractivity contribution in [3.63, 3.8) is 0 Å². The van der Waals surface area contributed by atoms with E-state index in [1.807, 2.05) is 33.3 Å². The van der Waals surface area contributed by atoms with Gasteiger partial charge < -0.3 is 28.5 Å². The molecule has 1 N–H and O–H groups in total. The molecule has 0 heterocycles. The zero-order valence-electron chi connectivity index (χ0n) is 54.4. The Labute approximate surface area is 507 Å².